The quantitative estimate of drug-likeness (QED) is 0.558. The molecule has 0 radical (unpaired) electrons. The molecule has 6 rings (SSSR count). The van der Waals surface area contributed by atoms with E-state index >= 15 is 0 Å². The molecule has 0 aromatic heterocycles. The maximum absolute atomic E-state index is 13.2. The first kappa shape index (κ1) is 14.0. The van der Waals surface area contributed by atoms with Crippen molar-refractivity contribution >= 4 is 33.4 Å². The summed E-state index contributed by atoms with van der Waals surface area (Å²) in [6.45, 7) is 3.94. The predicted octanol–water partition coefficient (Wildman–Crippen LogP) is 3.62. The summed E-state index contributed by atoms with van der Waals surface area (Å²) in [5.41, 5.74) is 2.75. The van der Waals surface area contributed by atoms with E-state index in [1.54, 1.807) is 0 Å². The van der Waals surface area contributed by atoms with Gasteiger partial charge in [-0.05, 0) is 67.2 Å². The number of benzene rings is 1. The number of aryl methyl sites for hydroxylation is 2. The zero-order chi connectivity index (χ0) is 16.0. The van der Waals surface area contributed by atoms with E-state index in [0.717, 1.165) is 21.3 Å². The number of hydrogen-bond donors (Lipinski definition) is 0. The normalized spacial score (nSPS) is 39.7. The lowest BCUT2D eigenvalue weighted by atomic mass is 9.63. The molecule has 118 valence electrons. The average molecular weight is 372 g/mol. The fraction of sp³-hybridized carbons (Fsp3) is 0.474. The van der Waals surface area contributed by atoms with Gasteiger partial charge in [-0.25, -0.2) is 4.90 Å². The van der Waals surface area contributed by atoms with Crippen LogP contribution in [0.15, 0.2) is 28.8 Å². The molecule has 0 unspecified atom stereocenters. The van der Waals surface area contributed by atoms with Gasteiger partial charge >= 0.3 is 0 Å². The Morgan fingerprint density at radius 1 is 0.957 bits per heavy atom. The molecule has 2 saturated carbocycles. The van der Waals surface area contributed by atoms with Crippen molar-refractivity contribution in [2.45, 2.75) is 20.3 Å². The van der Waals surface area contributed by atoms with Crippen LogP contribution in [0, 0.1) is 49.4 Å². The monoisotopic (exact) mass is 371 g/mol. The van der Waals surface area contributed by atoms with Gasteiger partial charge in [0.25, 0.3) is 0 Å². The van der Waals surface area contributed by atoms with Gasteiger partial charge in [0.1, 0.15) is 0 Å². The summed E-state index contributed by atoms with van der Waals surface area (Å²) in [5, 5.41) is 0. The number of halogens is 1. The maximum Gasteiger partial charge on any atom is 0.238 e. The van der Waals surface area contributed by atoms with E-state index in [1.165, 1.54) is 11.3 Å². The van der Waals surface area contributed by atoms with E-state index < -0.39 is 0 Å². The highest BCUT2D eigenvalue weighted by molar-refractivity contribution is 9.10. The number of amides is 2. The third-order valence-corrected chi connectivity index (χ3v) is 6.80. The van der Waals surface area contributed by atoms with Crippen LogP contribution in [-0.4, -0.2) is 11.8 Å². The maximum atomic E-state index is 13.2. The summed E-state index contributed by atoms with van der Waals surface area (Å²) in [7, 11) is 0. The Morgan fingerprint density at radius 3 is 1.91 bits per heavy atom. The molecule has 0 spiro atoms. The Bertz CT molecular complexity index is 740. The van der Waals surface area contributed by atoms with E-state index in [9.17, 15) is 9.59 Å². The van der Waals surface area contributed by atoms with Crippen LogP contribution in [0.4, 0.5) is 5.69 Å². The lowest BCUT2D eigenvalue weighted by Gasteiger charge is -2.37. The van der Waals surface area contributed by atoms with Crippen molar-refractivity contribution in [2.24, 2.45) is 35.5 Å². The van der Waals surface area contributed by atoms with Crippen molar-refractivity contribution in [1.82, 2.24) is 0 Å². The summed E-state index contributed by atoms with van der Waals surface area (Å²) in [6, 6.07) is 3.96. The summed E-state index contributed by atoms with van der Waals surface area (Å²) < 4.78 is 0.982. The zero-order valence-electron chi connectivity index (χ0n) is 13.1. The number of imide groups is 1. The number of allylic oxidation sites excluding steroid dienone is 2. The highest BCUT2D eigenvalue weighted by Gasteiger charge is 2.67. The van der Waals surface area contributed by atoms with Gasteiger partial charge in [-0.15, -0.1) is 0 Å². The first-order valence-corrected chi connectivity index (χ1v) is 9.11. The van der Waals surface area contributed by atoms with Gasteiger partial charge in [-0.1, -0.05) is 28.1 Å². The van der Waals surface area contributed by atoms with Crippen molar-refractivity contribution in [3.05, 3.63) is 39.9 Å². The molecule has 23 heavy (non-hydrogen) atoms. The molecule has 1 aromatic rings. The minimum Gasteiger partial charge on any atom is -0.274 e. The Balaban J connectivity index is 1.63. The van der Waals surface area contributed by atoms with Gasteiger partial charge in [-0.3, -0.25) is 9.59 Å². The minimum absolute atomic E-state index is 0.0261. The Hall–Kier alpha value is -1.42. The van der Waals surface area contributed by atoms with Crippen LogP contribution in [-0.2, 0) is 9.59 Å². The molecule has 1 aromatic carbocycles. The van der Waals surface area contributed by atoms with E-state index in [2.05, 4.69) is 28.1 Å². The molecule has 1 heterocycles. The number of carbonyl (C=O) groups is 2. The van der Waals surface area contributed by atoms with Crippen LogP contribution in [0.5, 0.6) is 0 Å². The zero-order valence-corrected chi connectivity index (χ0v) is 14.7. The van der Waals surface area contributed by atoms with Gasteiger partial charge in [0.15, 0.2) is 0 Å². The van der Waals surface area contributed by atoms with E-state index in [4.69, 9.17) is 0 Å². The summed E-state index contributed by atoms with van der Waals surface area (Å²) in [4.78, 5) is 27.8. The fourth-order valence-electron chi connectivity index (χ4n) is 5.43. The fourth-order valence-corrected chi connectivity index (χ4v) is 6.12. The van der Waals surface area contributed by atoms with Crippen molar-refractivity contribution in [1.29, 1.82) is 0 Å². The van der Waals surface area contributed by atoms with Gasteiger partial charge in [0.05, 0.1) is 17.5 Å². The molecular formula is C19H18BrNO2. The largest absolute Gasteiger partial charge is 0.274 e. The first-order chi connectivity index (χ1) is 11.0. The van der Waals surface area contributed by atoms with Gasteiger partial charge in [0, 0.05) is 4.47 Å². The lowest BCUT2D eigenvalue weighted by molar-refractivity contribution is -0.124. The molecule has 1 aliphatic heterocycles. The molecule has 1 saturated heterocycles. The third kappa shape index (κ3) is 1.65. The molecule has 4 heteroatoms. The summed E-state index contributed by atoms with van der Waals surface area (Å²) in [5.74, 6) is 1.67. The highest BCUT2D eigenvalue weighted by atomic mass is 79.9. The Kier molecular flexibility index (Phi) is 2.64. The molecule has 0 N–H and O–H groups in total. The molecular weight excluding hydrogens is 354 g/mol. The number of anilines is 1. The highest BCUT2D eigenvalue weighted by Crippen LogP contribution is 2.65. The standard InChI is InChI=1S/C19H18BrNO2/c1-8-5-10(20)6-9(2)17(8)21-18(22)15-11-3-4-12(14-7-13(11)14)16(15)19(21)23/h3-6,11-16H,7H2,1-2H3/t11-,12-,13-,14+,15-,16-/m1/s1. The van der Waals surface area contributed by atoms with Crippen molar-refractivity contribution < 1.29 is 9.59 Å². The van der Waals surface area contributed by atoms with E-state index in [0.29, 0.717) is 11.8 Å². The lowest BCUT2D eigenvalue weighted by Crippen LogP contribution is -2.40. The van der Waals surface area contributed by atoms with Crippen molar-refractivity contribution in [3.8, 4) is 0 Å². The van der Waals surface area contributed by atoms with Gasteiger partial charge in [-0.2, -0.15) is 0 Å². The number of hydrogen-bond acceptors (Lipinski definition) is 2. The molecule has 2 bridgehead atoms. The van der Waals surface area contributed by atoms with Crippen LogP contribution in [0.25, 0.3) is 0 Å². The number of rotatable bonds is 1. The Morgan fingerprint density at radius 2 is 1.43 bits per heavy atom. The topological polar surface area (TPSA) is 37.4 Å². The second kappa shape index (κ2) is 4.35. The van der Waals surface area contributed by atoms with Gasteiger partial charge in [0.2, 0.25) is 11.8 Å². The summed E-state index contributed by atoms with van der Waals surface area (Å²) >= 11 is 3.49. The van der Waals surface area contributed by atoms with Crippen LogP contribution < -0.4 is 4.90 Å². The summed E-state index contributed by atoms with van der Waals surface area (Å²) in [6.07, 6.45) is 5.64. The second-order valence-corrected chi connectivity index (χ2v) is 8.47. The molecule has 6 atom stereocenters. The van der Waals surface area contributed by atoms with Crippen LogP contribution >= 0.6 is 15.9 Å². The van der Waals surface area contributed by atoms with Crippen LogP contribution in [0.2, 0.25) is 0 Å². The van der Waals surface area contributed by atoms with Crippen molar-refractivity contribution in [3.63, 3.8) is 0 Å². The van der Waals surface area contributed by atoms with Crippen LogP contribution in [0.3, 0.4) is 0 Å². The molecule has 4 aliphatic carbocycles. The van der Waals surface area contributed by atoms with E-state index in [-0.39, 0.29) is 35.5 Å². The minimum atomic E-state index is -0.122. The van der Waals surface area contributed by atoms with E-state index in [1.807, 2.05) is 26.0 Å². The molecule has 5 aliphatic rings. The van der Waals surface area contributed by atoms with Crippen LogP contribution in [0.1, 0.15) is 17.5 Å². The predicted molar refractivity (Wildman–Crippen MR) is 90.8 cm³/mol. The third-order valence-electron chi connectivity index (χ3n) is 6.34. The SMILES string of the molecule is Cc1cc(Br)cc(C)c1N1C(=O)[C@@H]2[C@@H]3C=C[C@H]([C@@H]4C[C@H]34)[C@H]2C1=O. The van der Waals surface area contributed by atoms with Crippen molar-refractivity contribution in [2.75, 3.05) is 4.90 Å². The molecule has 3 fully saturated rings. The molecule has 3 nitrogen and oxygen atoms in total. The number of carbonyl (C=O) groups excluding carboxylic acids is 2. The smallest absolute Gasteiger partial charge is 0.238 e. The number of nitrogens with zero attached hydrogens (tertiary/aromatic N) is 1. The molecule has 2 amide bonds. The second-order valence-electron chi connectivity index (χ2n) is 7.55. The average Bonchev–Trinajstić information content (AvgIpc) is 3.26. The van der Waals surface area contributed by atoms with Gasteiger partial charge < -0.3 is 0 Å². The Labute approximate surface area is 143 Å². The first-order valence-electron chi connectivity index (χ1n) is 8.32.